The highest BCUT2D eigenvalue weighted by Crippen LogP contribution is 2.37. The van der Waals surface area contributed by atoms with Crippen LogP contribution in [-0.4, -0.2) is 23.0 Å². The second-order valence-corrected chi connectivity index (χ2v) is 6.19. The van der Waals surface area contributed by atoms with E-state index in [4.69, 9.17) is 11.6 Å². The molecule has 1 aromatic heterocycles. The first kappa shape index (κ1) is 14.2. The van der Waals surface area contributed by atoms with E-state index >= 15 is 0 Å². The fraction of sp³-hybridized carbons (Fsp3) is 0.533. The lowest BCUT2D eigenvalue weighted by atomic mass is 9.94. The number of carbonyl (C=O) groups excluding carboxylic acids is 1. The van der Waals surface area contributed by atoms with E-state index in [1.807, 2.05) is 6.92 Å². The quantitative estimate of drug-likeness (QED) is 0.899. The van der Waals surface area contributed by atoms with E-state index in [0.29, 0.717) is 28.7 Å². The molecule has 6 heteroatoms. The molecule has 0 bridgehead atoms. The van der Waals surface area contributed by atoms with Crippen LogP contribution in [0.1, 0.15) is 36.8 Å². The topological polar surface area (TPSA) is 77.8 Å². The molecule has 3 rings (SSSR count). The Morgan fingerprint density at radius 3 is 2.90 bits per heavy atom. The number of hydrogen-bond acceptors (Lipinski definition) is 4. The SMILES string of the molecule is Cc1c(Cl)cnc(N[C@@H]2CCC(=O)N[C@H]2C2CC2)c1C#N. The zero-order valence-electron chi connectivity index (χ0n) is 11.8. The Labute approximate surface area is 128 Å². The third kappa shape index (κ3) is 2.81. The summed E-state index contributed by atoms with van der Waals surface area (Å²) < 4.78 is 0. The van der Waals surface area contributed by atoms with E-state index in [1.54, 1.807) is 6.20 Å². The summed E-state index contributed by atoms with van der Waals surface area (Å²) >= 11 is 6.02. The molecule has 0 spiro atoms. The van der Waals surface area contributed by atoms with E-state index in [2.05, 4.69) is 21.7 Å². The van der Waals surface area contributed by atoms with Gasteiger partial charge in [0.25, 0.3) is 0 Å². The number of halogens is 1. The molecule has 5 nitrogen and oxygen atoms in total. The van der Waals surface area contributed by atoms with Crippen LogP contribution < -0.4 is 10.6 Å². The molecule has 0 unspecified atom stereocenters. The van der Waals surface area contributed by atoms with Crippen molar-refractivity contribution < 1.29 is 4.79 Å². The molecule has 2 atom stereocenters. The summed E-state index contributed by atoms with van der Waals surface area (Å²) in [7, 11) is 0. The lowest BCUT2D eigenvalue weighted by Gasteiger charge is -2.33. The standard InChI is InChI=1S/C15H17ClN4O/c1-8-10(6-17)15(18-7-11(8)16)19-12-4-5-13(21)20-14(12)9-2-3-9/h7,9,12,14H,2-5H2,1H3,(H,18,19)(H,20,21)/t12-,14+/m1/s1. The van der Waals surface area contributed by atoms with Crippen molar-refractivity contribution in [2.24, 2.45) is 5.92 Å². The van der Waals surface area contributed by atoms with Gasteiger partial charge in [0.15, 0.2) is 0 Å². The zero-order valence-corrected chi connectivity index (χ0v) is 12.6. The van der Waals surface area contributed by atoms with Crippen LogP contribution >= 0.6 is 11.6 Å². The molecule has 1 aromatic rings. The minimum atomic E-state index is 0.116. The molecule has 2 N–H and O–H groups in total. The highest BCUT2D eigenvalue weighted by Gasteiger charge is 2.40. The van der Waals surface area contributed by atoms with Crippen LogP contribution in [0.5, 0.6) is 0 Å². The van der Waals surface area contributed by atoms with Crippen LogP contribution in [-0.2, 0) is 4.79 Å². The highest BCUT2D eigenvalue weighted by atomic mass is 35.5. The van der Waals surface area contributed by atoms with Gasteiger partial charge < -0.3 is 10.6 Å². The average molecular weight is 305 g/mol. The van der Waals surface area contributed by atoms with Gasteiger partial charge >= 0.3 is 0 Å². The van der Waals surface area contributed by atoms with Crippen molar-refractivity contribution in [1.29, 1.82) is 5.26 Å². The van der Waals surface area contributed by atoms with Crippen molar-refractivity contribution in [2.45, 2.75) is 44.7 Å². The Morgan fingerprint density at radius 2 is 2.24 bits per heavy atom. The highest BCUT2D eigenvalue weighted by molar-refractivity contribution is 6.31. The lowest BCUT2D eigenvalue weighted by Crippen LogP contribution is -2.52. The summed E-state index contributed by atoms with van der Waals surface area (Å²) in [5.74, 6) is 1.22. The molecule has 110 valence electrons. The van der Waals surface area contributed by atoms with Crippen molar-refractivity contribution in [3.8, 4) is 6.07 Å². The number of nitriles is 1. The number of pyridine rings is 1. The minimum absolute atomic E-state index is 0.116. The molecule has 1 aliphatic carbocycles. The van der Waals surface area contributed by atoms with E-state index in [1.165, 1.54) is 0 Å². The molecule has 2 aliphatic rings. The lowest BCUT2D eigenvalue weighted by molar-refractivity contribution is -0.123. The predicted molar refractivity (Wildman–Crippen MR) is 80.0 cm³/mol. The van der Waals surface area contributed by atoms with Gasteiger partial charge in [-0.05, 0) is 37.7 Å². The predicted octanol–water partition coefficient (Wildman–Crippen LogP) is 2.38. The number of nitrogens with zero attached hydrogens (tertiary/aromatic N) is 2. The van der Waals surface area contributed by atoms with Crippen LogP contribution in [0.4, 0.5) is 5.82 Å². The van der Waals surface area contributed by atoms with Gasteiger partial charge in [-0.25, -0.2) is 4.98 Å². The Kier molecular flexibility index (Phi) is 3.73. The normalized spacial score (nSPS) is 25.1. The number of anilines is 1. The first-order chi connectivity index (χ1) is 10.1. The largest absolute Gasteiger partial charge is 0.364 e. The van der Waals surface area contributed by atoms with E-state index in [0.717, 1.165) is 24.8 Å². The van der Waals surface area contributed by atoms with Crippen molar-refractivity contribution in [2.75, 3.05) is 5.32 Å². The van der Waals surface area contributed by atoms with E-state index in [-0.39, 0.29) is 18.0 Å². The summed E-state index contributed by atoms with van der Waals surface area (Å²) in [4.78, 5) is 15.9. The third-order valence-corrected chi connectivity index (χ3v) is 4.67. The molecule has 21 heavy (non-hydrogen) atoms. The van der Waals surface area contributed by atoms with Gasteiger partial charge in [0.1, 0.15) is 11.9 Å². The van der Waals surface area contributed by atoms with E-state index in [9.17, 15) is 10.1 Å². The third-order valence-electron chi connectivity index (χ3n) is 4.28. The molecular weight excluding hydrogens is 288 g/mol. The van der Waals surface area contributed by atoms with Gasteiger partial charge in [-0.2, -0.15) is 5.26 Å². The second kappa shape index (κ2) is 5.53. The summed E-state index contributed by atoms with van der Waals surface area (Å²) in [5, 5.41) is 16.2. The van der Waals surface area contributed by atoms with Crippen molar-refractivity contribution in [3.63, 3.8) is 0 Å². The number of carbonyl (C=O) groups is 1. The van der Waals surface area contributed by atoms with Gasteiger partial charge in [0.05, 0.1) is 16.6 Å². The fourth-order valence-corrected chi connectivity index (χ4v) is 3.03. The van der Waals surface area contributed by atoms with Gasteiger partial charge in [-0.3, -0.25) is 4.79 Å². The maximum Gasteiger partial charge on any atom is 0.220 e. The number of nitrogens with one attached hydrogen (secondary N) is 2. The van der Waals surface area contributed by atoms with Crippen LogP contribution in [0.2, 0.25) is 5.02 Å². The fourth-order valence-electron chi connectivity index (χ4n) is 2.89. The summed E-state index contributed by atoms with van der Waals surface area (Å²) in [6, 6.07) is 2.42. The second-order valence-electron chi connectivity index (χ2n) is 5.79. The number of rotatable bonds is 3. The Hall–Kier alpha value is -1.80. The van der Waals surface area contributed by atoms with Crippen LogP contribution in [0.15, 0.2) is 6.20 Å². The summed E-state index contributed by atoms with van der Waals surface area (Å²) in [5.41, 5.74) is 1.22. The number of amides is 1. The summed E-state index contributed by atoms with van der Waals surface area (Å²) in [6.07, 6.45) is 5.15. The summed E-state index contributed by atoms with van der Waals surface area (Å²) in [6.45, 7) is 1.81. The number of hydrogen-bond donors (Lipinski definition) is 2. The molecule has 0 aromatic carbocycles. The molecule has 1 aliphatic heterocycles. The number of aromatic nitrogens is 1. The van der Waals surface area contributed by atoms with Crippen molar-refractivity contribution in [3.05, 3.63) is 22.3 Å². The maximum absolute atomic E-state index is 11.6. The first-order valence-electron chi connectivity index (χ1n) is 7.21. The van der Waals surface area contributed by atoms with Crippen molar-refractivity contribution >= 4 is 23.3 Å². The maximum atomic E-state index is 11.6. The number of piperidine rings is 1. The van der Waals surface area contributed by atoms with E-state index < -0.39 is 0 Å². The zero-order chi connectivity index (χ0) is 15.0. The molecular formula is C15H17ClN4O. The first-order valence-corrected chi connectivity index (χ1v) is 7.59. The molecule has 2 heterocycles. The molecule has 1 amide bonds. The molecule has 0 radical (unpaired) electrons. The average Bonchev–Trinajstić information content (AvgIpc) is 3.29. The Balaban J connectivity index is 1.84. The smallest absolute Gasteiger partial charge is 0.220 e. The Bertz CT molecular complexity index is 621. The minimum Gasteiger partial charge on any atom is -0.364 e. The monoisotopic (exact) mass is 304 g/mol. The molecule has 1 saturated carbocycles. The van der Waals surface area contributed by atoms with Gasteiger partial charge in [0.2, 0.25) is 5.91 Å². The van der Waals surface area contributed by atoms with Gasteiger partial charge in [-0.15, -0.1) is 0 Å². The van der Waals surface area contributed by atoms with Crippen molar-refractivity contribution in [1.82, 2.24) is 10.3 Å². The molecule has 2 fully saturated rings. The van der Waals surface area contributed by atoms with Gasteiger partial charge in [-0.1, -0.05) is 11.6 Å². The Morgan fingerprint density at radius 1 is 1.48 bits per heavy atom. The molecule has 1 saturated heterocycles. The van der Waals surface area contributed by atoms with Crippen LogP contribution in [0, 0.1) is 24.2 Å². The van der Waals surface area contributed by atoms with Gasteiger partial charge in [0, 0.05) is 18.7 Å². The van der Waals surface area contributed by atoms with Crippen LogP contribution in [0.3, 0.4) is 0 Å². The van der Waals surface area contributed by atoms with Crippen LogP contribution in [0.25, 0.3) is 0 Å².